The largest absolute Gasteiger partial charge is 0.433 e. The molecule has 86 valence electrons. The fourth-order valence-corrected chi connectivity index (χ4v) is 1.04. The highest BCUT2D eigenvalue weighted by Gasteiger charge is 2.30. The van der Waals surface area contributed by atoms with Crippen molar-refractivity contribution in [3.8, 4) is 0 Å². The molecule has 1 fully saturated rings. The average molecular weight is 218 g/mol. The molecule has 0 radical (unpaired) electrons. The van der Waals surface area contributed by atoms with Crippen molar-refractivity contribution in [3.63, 3.8) is 0 Å². The molecule has 0 aliphatic carbocycles. The molecule has 0 saturated carbocycles. The van der Waals surface area contributed by atoms with Gasteiger partial charge in [0.1, 0.15) is 6.61 Å². The van der Waals surface area contributed by atoms with Gasteiger partial charge >= 0.3 is 18.4 Å². The first kappa shape index (κ1) is 11.9. The van der Waals surface area contributed by atoms with E-state index in [9.17, 15) is 9.59 Å². The van der Waals surface area contributed by atoms with Gasteiger partial charge in [-0.15, -0.1) is 0 Å². The maximum atomic E-state index is 11.0. The fourth-order valence-electron chi connectivity index (χ4n) is 1.04. The van der Waals surface area contributed by atoms with E-state index in [-0.39, 0.29) is 6.61 Å². The van der Waals surface area contributed by atoms with Crippen LogP contribution in [0, 0.1) is 0 Å². The molecule has 2 atom stereocenters. The molecule has 1 saturated heterocycles. The van der Waals surface area contributed by atoms with E-state index < -0.39 is 24.7 Å². The third kappa shape index (κ3) is 4.26. The van der Waals surface area contributed by atoms with Crippen LogP contribution < -0.4 is 0 Å². The van der Waals surface area contributed by atoms with Gasteiger partial charge in [-0.05, 0) is 6.42 Å². The molecular weight excluding hydrogens is 204 g/mol. The molecule has 0 N–H and O–H groups in total. The summed E-state index contributed by atoms with van der Waals surface area (Å²) in [5, 5.41) is 0. The molecule has 0 bridgehead atoms. The Morgan fingerprint density at radius 3 is 2.73 bits per heavy atom. The highest BCUT2D eigenvalue weighted by molar-refractivity contribution is 5.69. The molecule has 1 aliphatic rings. The third-order valence-electron chi connectivity index (χ3n) is 1.61. The number of rotatable bonds is 4. The maximum absolute atomic E-state index is 11.0. The summed E-state index contributed by atoms with van der Waals surface area (Å²) < 4.78 is 19.4. The second kappa shape index (κ2) is 5.67. The summed E-state index contributed by atoms with van der Waals surface area (Å²) in [5.41, 5.74) is 0. The van der Waals surface area contributed by atoms with Crippen molar-refractivity contribution in [1.82, 2.24) is 0 Å². The van der Waals surface area contributed by atoms with Crippen molar-refractivity contribution >= 4 is 11.9 Å². The van der Waals surface area contributed by atoms with Gasteiger partial charge in [-0.25, -0.2) is 0 Å². The minimum Gasteiger partial charge on any atom is -0.433 e. The van der Waals surface area contributed by atoms with E-state index in [1.54, 1.807) is 0 Å². The van der Waals surface area contributed by atoms with E-state index in [0.29, 0.717) is 12.8 Å². The molecule has 0 aromatic rings. The van der Waals surface area contributed by atoms with Crippen LogP contribution in [0.1, 0.15) is 26.7 Å². The fraction of sp³-hybridized carbons (Fsp3) is 0.778. The van der Waals surface area contributed by atoms with Crippen LogP contribution in [0.5, 0.6) is 0 Å². The summed E-state index contributed by atoms with van der Waals surface area (Å²) in [6, 6.07) is 0. The topological polar surface area (TPSA) is 71.1 Å². The standard InChI is InChI=1S/C9H14O6/c1-3-4-7(11)14-9-12-5-8(15-9)13-6(2)10/h8-9H,3-5H2,1-2H3/t8?,9-/m1/s1. The molecule has 0 amide bonds. The number of carbonyl (C=O) groups excluding carboxylic acids is 2. The number of carbonyl (C=O) groups is 2. The van der Waals surface area contributed by atoms with Crippen molar-refractivity contribution in [2.45, 2.75) is 39.5 Å². The number of hydrogen-bond donors (Lipinski definition) is 0. The zero-order chi connectivity index (χ0) is 11.3. The van der Waals surface area contributed by atoms with E-state index in [0.717, 1.165) is 0 Å². The van der Waals surface area contributed by atoms with Gasteiger partial charge in [0.05, 0.1) is 0 Å². The molecule has 6 nitrogen and oxygen atoms in total. The Bertz CT molecular complexity index is 239. The molecule has 1 rings (SSSR count). The highest BCUT2D eigenvalue weighted by atomic mass is 16.9. The van der Waals surface area contributed by atoms with E-state index >= 15 is 0 Å². The SMILES string of the molecule is CCCC(=O)O[C@H]1OCC(OC(C)=O)O1. The van der Waals surface area contributed by atoms with E-state index in [1.165, 1.54) is 6.92 Å². The van der Waals surface area contributed by atoms with Crippen LogP contribution in [0.4, 0.5) is 0 Å². The predicted octanol–water partition coefficient (Wildman–Crippen LogP) is 0.549. The van der Waals surface area contributed by atoms with Crippen molar-refractivity contribution in [1.29, 1.82) is 0 Å². The number of hydrogen-bond acceptors (Lipinski definition) is 6. The number of esters is 2. The predicted molar refractivity (Wildman–Crippen MR) is 47.4 cm³/mol. The van der Waals surface area contributed by atoms with Gasteiger partial charge in [-0.1, -0.05) is 6.92 Å². The Morgan fingerprint density at radius 1 is 1.40 bits per heavy atom. The molecular formula is C9H14O6. The summed E-state index contributed by atoms with van der Waals surface area (Å²) in [6.07, 6.45) is 0.210. The van der Waals surface area contributed by atoms with Crippen LogP contribution >= 0.6 is 0 Å². The summed E-state index contributed by atoms with van der Waals surface area (Å²) in [5.74, 6) is -0.866. The van der Waals surface area contributed by atoms with Crippen LogP contribution in [0.3, 0.4) is 0 Å². The minimum absolute atomic E-state index is 0.0731. The minimum atomic E-state index is -1.06. The second-order valence-corrected chi connectivity index (χ2v) is 3.04. The molecule has 0 aromatic heterocycles. The quantitative estimate of drug-likeness (QED) is 0.642. The van der Waals surface area contributed by atoms with E-state index in [4.69, 9.17) is 18.9 Å². The van der Waals surface area contributed by atoms with Crippen LogP contribution in [0.25, 0.3) is 0 Å². The van der Waals surface area contributed by atoms with Crippen LogP contribution in [0.15, 0.2) is 0 Å². The van der Waals surface area contributed by atoms with Crippen LogP contribution in [-0.2, 0) is 28.5 Å². The van der Waals surface area contributed by atoms with E-state index in [1.807, 2.05) is 6.92 Å². The molecule has 1 aliphatic heterocycles. The zero-order valence-electron chi connectivity index (χ0n) is 8.73. The molecule has 1 heterocycles. The Morgan fingerprint density at radius 2 is 2.13 bits per heavy atom. The Balaban J connectivity index is 2.24. The Kier molecular flexibility index (Phi) is 4.51. The molecule has 15 heavy (non-hydrogen) atoms. The number of ether oxygens (including phenoxy) is 4. The van der Waals surface area contributed by atoms with E-state index in [2.05, 4.69) is 0 Å². The molecule has 6 heteroatoms. The van der Waals surface area contributed by atoms with Gasteiger partial charge in [0.15, 0.2) is 0 Å². The lowest BCUT2D eigenvalue weighted by atomic mass is 10.3. The monoisotopic (exact) mass is 218 g/mol. The molecule has 0 spiro atoms. The van der Waals surface area contributed by atoms with Gasteiger partial charge in [0.2, 0.25) is 6.29 Å². The summed E-state index contributed by atoms with van der Waals surface area (Å²) in [6.45, 7) is 2.14. The van der Waals surface area contributed by atoms with Crippen molar-refractivity contribution < 1.29 is 28.5 Å². The van der Waals surface area contributed by atoms with Crippen LogP contribution in [0.2, 0.25) is 0 Å². The van der Waals surface area contributed by atoms with Crippen LogP contribution in [-0.4, -0.2) is 31.3 Å². The smallest absolute Gasteiger partial charge is 0.321 e. The van der Waals surface area contributed by atoms with Crippen molar-refractivity contribution in [2.75, 3.05) is 6.61 Å². The summed E-state index contributed by atoms with van der Waals surface area (Å²) in [4.78, 5) is 21.6. The lowest BCUT2D eigenvalue weighted by Gasteiger charge is -2.11. The van der Waals surface area contributed by atoms with Gasteiger partial charge in [-0.2, -0.15) is 0 Å². The Hall–Kier alpha value is -1.14. The normalized spacial score (nSPS) is 24.9. The summed E-state index contributed by atoms with van der Waals surface area (Å²) >= 11 is 0. The first-order valence-electron chi connectivity index (χ1n) is 4.75. The van der Waals surface area contributed by atoms with Gasteiger partial charge in [0, 0.05) is 13.3 Å². The van der Waals surface area contributed by atoms with Gasteiger partial charge in [0.25, 0.3) is 0 Å². The second-order valence-electron chi connectivity index (χ2n) is 3.04. The third-order valence-corrected chi connectivity index (χ3v) is 1.61. The Labute approximate surface area is 87.4 Å². The van der Waals surface area contributed by atoms with Crippen molar-refractivity contribution in [2.24, 2.45) is 0 Å². The maximum Gasteiger partial charge on any atom is 0.321 e. The first-order valence-corrected chi connectivity index (χ1v) is 4.75. The highest BCUT2D eigenvalue weighted by Crippen LogP contribution is 2.14. The van der Waals surface area contributed by atoms with Crippen molar-refractivity contribution in [3.05, 3.63) is 0 Å². The lowest BCUT2D eigenvalue weighted by molar-refractivity contribution is -0.249. The van der Waals surface area contributed by atoms with Gasteiger partial charge < -0.3 is 14.2 Å². The summed E-state index contributed by atoms with van der Waals surface area (Å²) in [7, 11) is 0. The average Bonchev–Trinajstić information content (AvgIpc) is 2.51. The molecule has 0 aromatic carbocycles. The first-order chi connectivity index (χ1) is 7.11. The zero-order valence-corrected chi connectivity index (χ0v) is 8.73. The molecule has 1 unspecified atom stereocenters. The lowest BCUT2D eigenvalue weighted by Crippen LogP contribution is -2.22. The van der Waals surface area contributed by atoms with Gasteiger partial charge in [-0.3, -0.25) is 14.3 Å².